The summed E-state index contributed by atoms with van der Waals surface area (Å²) in [5, 5.41) is 0.430. The number of nitrogen functional groups attached to an aromatic ring is 2. The van der Waals surface area contributed by atoms with Crippen LogP contribution in [0.4, 0.5) is 11.6 Å². The molecule has 1 aromatic rings. The highest BCUT2D eigenvalue weighted by Crippen LogP contribution is 2.22. The topological polar surface area (TPSA) is 98.1 Å². The number of carbonyl (C=O) groups is 1. The lowest BCUT2D eigenvalue weighted by atomic mass is 10.3. The van der Waals surface area contributed by atoms with E-state index in [2.05, 4.69) is 16.0 Å². The van der Waals surface area contributed by atoms with Gasteiger partial charge in [-0.15, -0.1) is 0 Å². The second-order valence-electron chi connectivity index (χ2n) is 4.33. The van der Waals surface area contributed by atoms with Crippen molar-refractivity contribution in [2.75, 3.05) is 24.3 Å². The molecule has 0 saturated carbocycles. The molecule has 4 N–H and O–H groups in total. The van der Waals surface area contributed by atoms with Crippen molar-refractivity contribution in [3.8, 4) is 0 Å². The van der Waals surface area contributed by atoms with Gasteiger partial charge in [0.05, 0.1) is 5.75 Å². The van der Waals surface area contributed by atoms with Crippen molar-refractivity contribution in [2.45, 2.75) is 24.4 Å². The molecule has 0 saturated heterocycles. The standard InChI is InChI=1S/C12H17N5OS/c1-17(8-4-2-3-5-8)11(18)7-19-12-15-9(13)6-10(14)16-12/h4,6H,2-3,5,7H2,1H3,(H4,13,14,15,16). The predicted molar refractivity (Wildman–Crippen MR) is 76.3 cm³/mol. The van der Waals surface area contributed by atoms with Gasteiger partial charge in [0.15, 0.2) is 5.16 Å². The van der Waals surface area contributed by atoms with Crippen LogP contribution in [0.2, 0.25) is 0 Å². The zero-order valence-corrected chi connectivity index (χ0v) is 11.6. The Bertz CT molecular complexity index is 497. The molecular weight excluding hydrogens is 262 g/mol. The van der Waals surface area contributed by atoms with Crippen molar-refractivity contribution >= 4 is 29.3 Å². The Labute approximate surface area is 116 Å². The minimum atomic E-state index is 0.0303. The van der Waals surface area contributed by atoms with Crippen LogP contribution in [0, 0.1) is 0 Å². The first-order valence-electron chi connectivity index (χ1n) is 6.04. The zero-order valence-electron chi connectivity index (χ0n) is 10.8. The molecule has 0 unspecified atom stereocenters. The predicted octanol–water partition coefficient (Wildman–Crippen LogP) is 1.26. The second-order valence-corrected chi connectivity index (χ2v) is 5.27. The van der Waals surface area contributed by atoms with Crippen molar-refractivity contribution in [1.29, 1.82) is 0 Å². The van der Waals surface area contributed by atoms with Gasteiger partial charge < -0.3 is 16.4 Å². The third kappa shape index (κ3) is 3.60. The first-order valence-corrected chi connectivity index (χ1v) is 7.03. The van der Waals surface area contributed by atoms with Crippen LogP contribution < -0.4 is 11.5 Å². The smallest absolute Gasteiger partial charge is 0.236 e. The summed E-state index contributed by atoms with van der Waals surface area (Å²) < 4.78 is 0. The molecule has 2 rings (SSSR count). The Morgan fingerprint density at radius 2 is 2.11 bits per heavy atom. The van der Waals surface area contributed by atoms with E-state index < -0.39 is 0 Å². The van der Waals surface area contributed by atoms with Crippen molar-refractivity contribution in [3.05, 3.63) is 17.8 Å². The number of nitrogens with two attached hydrogens (primary N) is 2. The number of anilines is 2. The molecule has 0 spiro atoms. The van der Waals surface area contributed by atoms with Crippen LogP contribution in [0.15, 0.2) is 23.0 Å². The number of aromatic nitrogens is 2. The van der Waals surface area contributed by atoms with Gasteiger partial charge in [-0.2, -0.15) is 0 Å². The molecule has 1 amide bonds. The molecule has 0 bridgehead atoms. The second kappa shape index (κ2) is 5.92. The van der Waals surface area contributed by atoms with E-state index in [0.29, 0.717) is 16.8 Å². The van der Waals surface area contributed by atoms with E-state index in [-0.39, 0.29) is 11.7 Å². The molecule has 1 aromatic heterocycles. The molecule has 7 heteroatoms. The minimum absolute atomic E-state index is 0.0303. The number of thioether (sulfide) groups is 1. The average molecular weight is 279 g/mol. The lowest BCUT2D eigenvalue weighted by Gasteiger charge is -2.18. The average Bonchev–Trinajstić information content (AvgIpc) is 2.87. The highest BCUT2D eigenvalue weighted by molar-refractivity contribution is 7.99. The molecule has 1 aliphatic rings. The van der Waals surface area contributed by atoms with Crippen LogP contribution in [-0.4, -0.2) is 33.6 Å². The molecule has 0 fully saturated rings. The van der Waals surface area contributed by atoms with E-state index in [0.717, 1.165) is 25.0 Å². The highest BCUT2D eigenvalue weighted by Gasteiger charge is 2.16. The quantitative estimate of drug-likeness (QED) is 0.636. The van der Waals surface area contributed by atoms with E-state index >= 15 is 0 Å². The fourth-order valence-electron chi connectivity index (χ4n) is 1.87. The van der Waals surface area contributed by atoms with Crippen molar-refractivity contribution in [1.82, 2.24) is 14.9 Å². The third-order valence-corrected chi connectivity index (χ3v) is 3.72. The number of carbonyl (C=O) groups excluding carboxylic acids is 1. The largest absolute Gasteiger partial charge is 0.383 e. The summed E-state index contributed by atoms with van der Waals surface area (Å²) in [6, 6.07) is 1.49. The molecule has 0 aromatic carbocycles. The van der Waals surface area contributed by atoms with Crippen LogP contribution in [0.5, 0.6) is 0 Å². The summed E-state index contributed by atoms with van der Waals surface area (Å²) in [5.74, 6) is 0.933. The normalized spacial score (nSPS) is 14.3. The minimum Gasteiger partial charge on any atom is -0.383 e. The molecule has 19 heavy (non-hydrogen) atoms. The molecule has 6 nitrogen and oxygen atoms in total. The molecule has 1 heterocycles. The van der Waals surface area contributed by atoms with Crippen LogP contribution in [0.1, 0.15) is 19.3 Å². The van der Waals surface area contributed by atoms with Crippen LogP contribution in [0.3, 0.4) is 0 Å². The summed E-state index contributed by atoms with van der Waals surface area (Å²) in [6.45, 7) is 0. The van der Waals surface area contributed by atoms with E-state index in [9.17, 15) is 4.79 Å². The van der Waals surface area contributed by atoms with Crippen LogP contribution >= 0.6 is 11.8 Å². The number of rotatable bonds is 4. The Morgan fingerprint density at radius 3 is 2.68 bits per heavy atom. The molecular formula is C12H17N5OS. The Hall–Kier alpha value is -1.76. The first-order chi connectivity index (χ1) is 9.06. The van der Waals surface area contributed by atoms with E-state index in [1.165, 1.54) is 17.8 Å². The Balaban J connectivity index is 1.92. The summed E-state index contributed by atoms with van der Waals surface area (Å²) in [7, 11) is 1.80. The lowest BCUT2D eigenvalue weighted by molar-refractivity contribution is -0.125. The lowest BCUT2D eigenvalue weighted by Crippen LogP contribution is -2.27. The molecule has 102 valence electrons. The molecule has 1 aliphatic carbocycles. The molecule has 0 radical (unpaired) electrons. The van der Waals surface area contributed by atoms with Gasteiger partial charge in [0.2, 0.25) is 5.91 Å². The summed E-state index contributed by atoms with van der Waals surface area (Å²) in [5.41, 5.74) is 12.2. The summed E-state index contributed by atoms with van der Waals surface area (Å²) in [4.78, 5) is 21.8. The van der Waals surface area contributed by atoms with E-state index in [4.69, 9.17) is 11.5 Å². The van der Waals surface area contributed by atoms with Gasteiger partial charge in [0.1, 0.15) is 11.6 Å². The van der Waals surface area contributed by atoms with Gasteiger partial charge >= 0.3 is 0 Å². The van der Waals surface area contributed by atoms with E-state index in [1.54, 1.807) is 11.9 Å². The molecule has 0 atom stereocenters. The number of nitrogens with zero attached hydrogens (tertiary/aromatic N) is 3. The number of hydrogen-bond donors (Lipinski definition) is 2. The highest BCUT2D eigenvalue weighted by atomic mass is 32.2. The number of amides is 1. The summed E-state index contributed by atoms with van der Waals surface area (Å²) in [6.07, 6.45) is 5.25. The van der Waals surface area contributed by atoms with Gasteiger partial charge in [0, 0.05) is 18.8 Å². The Morgan fingerprint density at radius 1 is 1.42 bits per heavy atom. The van der Waals surface area contributed by atoms with Crippen LogP contribution in [0.25, 0.3) is 0 Å². The Kier molecular flexibility index (Phi) is 4.26. The third-order valence-electron chi connectivity index (χ3n) is 2.89. The van der Waals surface area contributed by atoms with Gasteiger partial charge in [0.25, 0.3) is 0 Å². The monoisotopic (exact) mass is 279 g/mol. The zero-order chi connectivity index (χ0) is 13.8. The fraction of sp³-hybridized carbons (Fsp3) is 0.417. The van der Waals surface area contributed by atoms with Crippen molar-refractivity contribution < 1.29 is 4.79 Å². The van der Waals surface area contributed by atoms with Gasteiger partial charge in [-0.3, -0.25) is 4.79 Å². The maximum absolute atomic E-state index is 12.0. The van der Waals surface area contributed by atoms with E-state index in [1.807, 2.05) is 0 Å². The molecule has 0 aliphatic heterocycles. The number of allylic oxidation sites excluding steroid dienone is 2. The SMILES string of the molecule is CN(C(=O)CSc1nc(N)cc(N)n1)C1=CCCC1. The first kappa shape index (κ1) is 13.7. The summed E-state index contributed by atoms with van der Waals surface area (Å²) >= 11 is 1.24. The van der Waals surface area contributed by atoms with Gasteiger partial charge in [-0.1, -0.05) is 17.8 Å². The van der Waals surface area contributed by atoms with Gasteiger partial charge in [-0.05, 0) is 19.3 Å². The van der Waals surface area contributed by atoms with Crippen molar-refractivity contribution in [2.24, 2.45) is 0 Å². The number of hydrogen-bond acceptors (Lipinski definition) is 6. The van der Waals surface area contributed by atoms with Gasteiger partial charge in [-0.25, -0.2) is 9.97 Å². The maximum atomic E-state index is 12.0. The van der Waals surface area contributed by atoms with Crippen LogP contribution in [-0.2, 0) is 4.79 Å². The van der Waals surface area contributed by atoms with Crippen molar-refractivity contribution in [3.63, 3.8) is 0 Å². The maximum Gasteiger partial charge on any atom is 0.236 e. The fourth-order valence-corrected chi connectivity index (χ4v) is 2.65.